The molecule has 0 heterocycles. The zero-order valence-corrected chi connectivity index (χ0v) is 10.0. The smallest absolute Gasteiger partial charge is 0.159 e. The van der Waals surface area contributed by atoms with Crippen molar-refractivity contribution >= 4 is 0 Å². The number of nitrogens with one attached hydrogen (secondary N) is 1. The standard InChI is InChI=1S/C13H17F2NO/c1-8(16-10-6-11(7-10)17-2)9-3-4-12(14)13(15)5-9/h3-5,8,10-11,16H,6-7H2,1-2H3. The van der Waals surface area contributed by atoms with Crippen LogP contribution < -0.4 is 5.32 Å². The second-order valence-electron chi connectivity index (χ2n) is 4.59. The van der Waals surface area contributed by atoms with Crippen LogP contribution in [0.15, 0.2) is 18.2 Å². The molecule has 0 aromatic heterocycles. The zero-order chi connectivity index (χ0) is 12.4. The van der Waals surface area contributed by atoms with Gasteiger partial charge in [0, 0.05) is 19.2 Å². The van der Waals surface area contributed by atoms with Crippen LogP contribution in [0.5, 0.6) is 0 Å². The van der Waals surface area contributed by atoms with E-state index in [1.54, 1.807) is 13.2 Å². The molecule has 0 spiro atoms. The minimum absolute atomic E-state index is 0.0212. The van der Waals surface area contributed by atoms with Crippen LogP contribution in [0.4, 0.5) is 8.78 Å². The maximum atomic E-state index is 13.1. The van der Waals surface area contributed by atoms with Crippen molar-refractivity contribution in [3.8, 4) is 0 Å². The minimum atomic E-state index is -0.802. The molecule has 1 atom stereocenters. The van der Waals surface area contributed by atoms with Crippen molar-refractivity contribution in [2.24, 2.45) is 0 Å². The summed E-state index contributed by atoms with van der Waals surface area (Å²) in [5.41, 5.74) is 0.768. The Balaban J connectivity index is 1.91. The number of ether oxygens (including phenoxy) is 1. The van der Waals surface area contributed by atoms with Crippen LogP contribution in [-0.2, 0) is 4.74 Å². The summed E-state index contributed by atoms with van der Waals surface area (Å²) in [5.74, 6) is -1.59. The molecule has 0 saturated heterocycles. The fraction of sp³-hybridized carbons (Fsp3) is 0.538. The molecular formula is C13H17F2NO. The summed E-state index contributed by atoms with van der Waals surface area (Å²) in [6.45, 7) is 1.95. The molecule has 0 bridgehead atoms. The third kappa shape index (κ3) is 2.82. The van der Waals surface area contributed by atoms with Gasteiger partial charge in [-0.15, -0.1) is 0 Å². The highest BCUT2D eigenvalue weighted by Crippen LogP contribution is 2.26. The third-order valence-corrected chi connectivity index (χ3v) is 3.36. The Hall–Kier alpha value is -1.00. The lowest BCUT2D eigenvalue weighted by molar-refractivity contribution is 0.0147. The van der Waals surface area contributed by atoms with Gasteiger partial charge in [0.05, 0.1) is 6.10 Å². The fourth-order valence-electron chi connectivity index (χ4n) is 2.13. The second kappa shape index (κ2) is 5.10. The minimum Gasteiger partial charge on any atom is -0.381 e. The van der Waals surface area contributed by atoms with Crippen LogP contribution in [0, 0.1) is 11.6 Å². The van der Waals surface area contributed by atoms with Gasteiger partial charge in [-0.2, -0.15) is 0 Å². The number of benzene rings is 1. The molecule has 1 aliphatic carbocycles. The summed E-state index contributed by atoms with van der Waals surface area (Å²) >= 11 is 0. The van der Waals surface area contributed by atoms with E-state index >= 15 is 0 Å². The molecule has 0 radical (unpaired) electrons. The lowest BCUT2D eigenvalue weighted by atomic mass is 9.88. The van der Waals surface area contributed by atoms with E-state index in [2.05, 4.69) is 5.32 Å². The van der Waals surface area contributed by atoms with E-state index in [9.17, 15) is 8.78 Å². The second-order valence-corrected chi connectivity index (χ2v) is 4.59. The fourth-order valence-corrected chi connectivity index (χ4v) is 2.13. The van der Waals surface area contributed by atoms with Gasteiger partial charge in [0.15, 0.2) is 11.6 Å². The highest BCUT2D eigenvalue weighted by Gasteiger charge is 2.29. The summed E-state index contributed by atoms with van der Waals surface area (Å²) in [6, 6.07) is 4.46. The first-order valence-corrected chi connectivity index (χ1v) is 5.84. The average molecular weight is 241 g/mol. The van der Waals surface area contributed by atoms with Crippen molar-refractivity contribution in [2.45, 2.75) is 38.0 Å². The summed E-state index contributed by atoms with van der Waals surface area (Å²) < 4.78 is 31.0. The van der Waals surface area contributed by atoms with E-state index in [-0.39, 0.29) is 6.04 Å². The molecule has 2 nitrogen and oxygen atoms in total. The van der Waals surface area contributed by atoms with Gasteiger partial charge in [0.25, 0.3) is 0 Å². The molecule has 0 aliphatic heterocycles. The number of halogens is 2. The molecule has 2 rings (SSSR count). The number of methoxy groups -OCH3 is 1. The van der Waals surface area contributed by atoms with Gasteiger partial charge in [0.2, 0.25) is 0 Å². The number of rotatable bonds is 4. The molecule has 94 valence electrons. The zero-order valence-electron chi connectivity index (χ0n) is 10.0. The molecule has 0 amide bonds. The maximum Gasteiger partial charge on any atom is 0.159 e. The Morgan fingerprint density at radius 1 is 1.29 bits per heavy atom. The Labute approximate surface area is 100.0 Å². The van der Waals surface area contributed by atoms with Gasteiger partial charge in [-0.1, -0.05) is 6.07 Å². The Kier molecular flexibility index (Phi) is 3.74. The summed E-state index contributed by atoms with van der Waals surface area (Å²) in [6.07, 6.45) is 2.29. The first-order valence-electron chi connectivity index (χ1n) is 5.84. The predicted octanol–water partition coefficient (Wildman–Crippen LogP) is 2.79. The van der Waals surface area contributed by atoms with E-state index in [4.69, 9.17) is 4.74 Å². The Morgan fingerprint density at radius 3 is 2.59 bits per heavy atom. The molecular weight excluding hydrogens is 224 g/mol. The quantitative estimate of drug-likeness (QED) is 0.875. The van der Waals surface area contributed by atoms with E-state index in [0.29, 0.717) is 12.1 Å². The highest BCUT2D eigenvalue weighted by molar-refractivity contribution is 5.21. The largest absolute Gasteiger partial charge is 0.381 e. The topological polar surface area (TPSA) is 21.3 Å². The van der Waals surface area contributed by atoms with Gasteiger partial charge >= 0.3 is 0 Å². The van der Waals surface area contributed by atoms with Gasteiger partial charge in [-0.25, -0.2) is 8.78 Å². The van der Waals surface area contributed by atoms with Crippen LogP contribution >= 0.6 is 0 Å². The number of hydrogen-bond donors (Lipinski definition) is 1. The van der Waals surface area contributed by atoms with Crippen molar-refractivity contribution < 1.29 is 13.5 Å². The molecule has 1 aromatic carbocycles. The predicted molar refractivity (Wildman–Crippen MR) is 61.7 cm³/mol. The van der Waals surface area contributed by atoms with Gasteiger partial charge < -0.3 is 10.1 Å². The van der Waals surface area contributed by atoms with Crippen molar-refractivity contribution in [3.63, 3.8) is 0 Å². The van der Waals surface area contributed by atoms with E-state index < -0.39 is 11.6 Å². The number of hydrogen-bond acceptors (Lipinski definition) is 2. The van der Waals surface area contributed by atoms with Crippen LogP contribution in [0.3, 0.4) is 0 Å². The summed E-state index contributed by atoms with van der Waals surface area (Å²) in [4.78, 5) is 0. The van der Waals surface area contributed by atoms with E-state index in [1.165, 1.54) is 12.1 Å². The van der Waals surface area contributed by atoms with Crippen molar-refractivity contribution in [1.82, 2.24) is 5.32 Å². The van der Waals surface area contributed by atoms with Crippen LogP contribution in [-0.4, -0.2) is 19.3 Å². The first kappa shape index (κ1) is 12.5. The molecule has 1 unspecified atom stereocenters. The molecule has 1 saturated carbocycles. The van der Waals surface area contributed by atoms with Gasteiger partial charge in [-0.3, -0.25) is 0 Å². The van der Waals surface area contributed by atoms with Gasteiger partial charge in [0.1, 0.15) is 0 Å². The van der Waals surface area contributed by atoms with Crippen molar-refractivity contribution in [3.05, 3.63) is 35.4 Å². The molecule has 4 heteroatoms. The van der Waals surface area contributed by atoms with Crippen LogP contribution in [0.1, 0.15) is 31.4 Å². The van der Waals surface area contributed by atoms with Crippen molar-refractivity contribution in [1.29, 1.82) is 0 Å². The van der Waals surface area contributed by atoms with Gasteiger partial charge in [-0.05, 0) is 37.5 Å². The molecule has 1 fully saturated rings. The lowest BCUT2D eigenvalue weighted by Crippen LogP contribution is -2.45. The first-order chi connectivity index (χ1) is 8.10. The Morgan fingerprint density at radius 2 is 2.00 bits per heavy atom. The third-order valence-electron chi connectivity index (χ3n) is 3.36. The monoisotopic (exact) mass is 241 g/mol. The molecule has 1 aromatic rings. The molecule has 1 N–H and O–H groups in total. The average Bonchev–Trinajstić information content (AvgIpc) is 2.26. The SMILES string of the molecule is COC1CC(NC(C)c2ccc(F)c(F)c2)C1. The highest BCUT2D eigenvalue weighted by atomic mass is 19.2. The van der Waals surface area contributed by atoms with Crippen LogP contribution in [0.25, 0.3) is 0 Å². The maximum absolute atomic E-state index is 13.1. The summed E-state index contributed by atoms with van der Waals surface area (Å²) in [5, 5.41) is 3.37. The lowest BCUT2D eigenvalue weighted by Gasteiger charge is -2.36. The normalized spacial score (nSPS) is 25.4. The van der Waals surface area contributed by atoms with Crippen molar-refractivity contribution in [2.75, 3.05) is 7.11 Å². The van der Waals surface area contributed by atoms with Crippen LogP contribution in [0.2, 0.25) is 0 Å². The molecule has 17 heavy (non-hydrogen) atoms. The Bertz CT molecular complexity index is 391. The van der Waals surface area contributed by atoms with E-state index in [0.717, 1.165) is 18.4 Å². The molecule has 1 aliphatic rings. The summed E-state index contributed by atoms with van der Waals surface area (Å²) in [7, 11) is 1.71. The van der Waals surface area contributed by atoms with E-state index in [1.807, 2.05) is 6.92 Å².